The number of anilines is 1. The fourth-order valence-corrected chi connectivity index (χ4v) is 5.27. The highest BCUT2D eigenvalue weighted by Gasteiger charge is 2.31. The van der Waals surface area contributed by atoms with Crippen molar-refractivity contribution in [2.75, 3.05) is 30.4 Å². The zero-order chi connectivity index (χ0) is 17.2. The minimum absolute atomic E-state index is 0.0863. The lowest BCUT2D eigenvalue weighted by Gasteiger charge is -2.22. The Balaban J connectivity index is 1.56. The van der Waals surface area contributed by atoms with Crippen LogP contribution in [0.25, 0.3) is 0 Å². The molecule has 1 aliphatic heterocycles. The van der Waals surface area contributed by atoms with Gasteiger partial charge in [0.1, 0.15) is 5.82 Å². The molecular formula is C15H20N4O3S2. The van der Waals surface area contributed by atoms with E-state index in [-0.39, 0.29) is 30.0 Å². The molecule has 3 heterocycles. The van der Waals surface area contributed by atoms with Crippen LogP contribution in [0.1, 0.15) is 11.3 Å². The number of carbonyl (C=O) groups excluding carboxylic acids is 1. The van der Waals surface area contributed by atoms with Crippen molar-refractivity contribution in [3.05, 3.63) is 34.7 Å². The van der Waals surface area contributed by atoms with E-state index in [0.29, 0.717) is 18.8 Å². The van der Waals surface area contributed by atoms with Crippen LogP contribution in [0.3, 0.4) is 0 Å². The van der Waals surface area contributed by atoms with Gasteiger partial charge in [0.15, 0.2) is 9.84 Å². The van der Waals surface area contributed by atoms with Crippen molar-refractivity contribution in [3.63, 3.8) is 0 Å². The number of hydrogen-bond acceptors (Lipinski definition) is 6. The van der Waals surface area contributed by atoms with Crippen LogP contribution in [0.15, 0.2) is 29.8 Å². The number of likely N-dealkylation sites (N-methyl/N-ethyl adjacent to an activating group) is 1. The van der Waals surface area contributed by atoms with Gasteiger partial charge in [-0.25, -0.2) is 13.1 Å². The Morgan fingerprint density at radius 3 is 3.00 bits per heavy atom. The second-order valence-electron chi connectivity index (χ2n) is 5.97. The molecule has 24 heavy (non-hydrogen) atoms. The molecule has 1 fully saturated rings. The number of thiophene rings is 1. The molecular weight excluding hydrogens is 348 g/mol. The number of nitrogens with zero attached hydrogens (tertiary/aromatic N) is 3. The van der Waals surface area contributed by atoms with E-state index < -0.39 is 9.84 Å². The first-order valence-corrected chi connectivity index (χ1v) is 10.4. The molecule has 3 rings (SSSR count). The van der Waals surface area contributed by atoms with Gasteiger partial charge >= 0.3 is 0 Å². The third kappa shape index (κ3) is 4.22. The lowest BCUT2D eigenvalue weighted by atomic mass is 10.2. The summed E-state index contributed by atoms with van der Waals surface area (Å²) < 4.78 is 24.8. The maximum atomic E-state index is 12.3. The van der Waals surface area contributed by atoms with E-state index in [1.165, 1.54) is 0 Å². The molecule has 9 heteroatoms. The average molecular weight is 368 g/mol. The van der Waals surface area contributed by atoms with E-state index in [1.54, 1.807) is 40.2 Å². The number of hydrogen-bond donors (Lipinski definition) is 1. The van der Waals surface area contributed by atoms with Gasteiger partial charge in [-0.1, -0.05) is 6.07 Å². The molecule has 0 bridgehead atoms. The van der Waals surface area contributed by atoms with Gasteiger partial charge in [-0.3, -0.25) is 9.69 Å². The summed E-state index contributed by atoms with van der Waals surface area (Å²) in [4.78, 5) is 15.2. The number of sulfone groups is 1. The highest BCUT2D eigenvalue weighted by Crippen LogP contribution is 2.17. The molecule has 1 atom stereocenters. The SMILES string of the molecule is CN(CC(=O)Nc1ccnn1Cc1cccs1)C1CCS(=O)(=O)C1. The summed E-state index contributed by atoms with van der Waals surface area (Å²) in [6.07, 6.45) is 2.24. The zero-order valence-electron chi connectivity index (χ0n) is 13.4. The molecule has 130 valence electrons. The highest BCUT2D eigenvalue weighted by atomic mass is 32.2. The molecule has 2 aromatic heterocycles. The van der Waals surface area contributed by atoms with Gasteiger partial charge in [-0.05, 0) is 24.9 Å². The Morgan fingerprint density at radius 1 is 1.50 bits per heavy atom. The first-order chi connectivity index (χ1) is 11.4. The normalized spacial score (nSPS) is 19.7. The fraction of sp³-hybridized carbons (Fsp3) is 0.467. The smallest absolute Gasteiger partial charge is 0.239 e. The van der Waals surface area contributed by atoms with Gasteiger partial charge in [0.25, 0.3) is 0 Å². The number of aromatic nitrogens is 2. The summed E-state index contributed by atoms with van der Waals surface area (Å²) in [5, 5.41) is 9.09. The second-order valence-corrected chi connectivity index (χ2v) is 9.23. The van der Waals surface area contributed by atoms with Gasteiger partial charge in [0.05, 0.1) is 30.8 Å². The average Bonchev–Trinajstić information content (AvgIpc) is 3.22. The van der Waals surface area contributed by atoms with E-state index in [1.807, 2.05) is 17.5 Å². The maximum Gasteiger partial charge on any atom is 0.239 e. The maximum absolute atomic E-state index is 12.3. The third-order valence-electron chi connectivity index (χ3n) is 4.09. The number of nitrogens with one attached hydrogen (secondary N) is 1. The van der Waals surface area contributed by atoms with Crippen LogP contribution in [-0.4, -0.2) is 60.1 Å². The van der Waals surface area contributed by atoms with Gasteiger partial charge in [-0.2, -0.15) is 5.10 Å². The van der Waals surface area contributed by atoms with Crippen molar-refractivity contribution in [2.24, 2.45) is 0 Å². The van der Waals surface area contributed by atoms with Crippen LogP contribution < -0.4 is 5.32 Å². The van der Waals surface area contributed by atoms with E-state index in [0.717, 1.165) is 4.88 Å². The Bertz CT molecular complexity index is 799. The summed E-state index contributed by atoms with van der Waals surface area (Å²) in [6.45, 7) is 0.765. The molecule has 0 saturated carbocycles. The summed E-state index contributed by atoms with van der Waals surface area (Å²) in [5.41, 5.74) is 0. The van der Waals surface area contributed by atoms with E-state index in [4.69, 9.17) is 0 Å². The Labute approximate surface area is 145 Å². The fourth-order valence-electron chi connectivity index (χ4n) is 2.78. The van der Waals surface area contributed by atoms with Crippen molar-refractivity contribution in [1.82, 2.24) is 14.7 Å². The molecule has 1 unspecified atom stereocenters. The first kappa shape index (κ1) is 17.1. The highest BCUT2D eigenvalue weighted by molar-refractivity contribution is 7.91. The van der Waals surface area contributed by atoms with Crippen molar-refractivity contribution < 1.29 is 13.2 Å². The molecule has 2 aromatic rings. The molecule has 1 N–H and O–H groups in total. The van der Waals surface area contributed by atoms with Crippen LogP contribution in [0.5, 0.6) is 0 Å². The van der Waals surface area contributed by atoms with Crippen molar-refractivity contribution in [1.29, 1.82) is 0 Å². The number of amides is 1. The molecule has 0 spiro atoms. The molecule has 0 aromatic carbocycles. The van der Waals surface area contributed by atoms with Crippen LogP contribution >= 0.6 is 11.3 Å². The molecule has 7 nitrogen and oxygen atoms in total. The molecule has 1 saturated heterocycles. The standard InChI is InChI=1S/C15H20N4O3S2/c1-18(12-5-8-24(21,22)11-12)10-15(20)17-14-4-6-16-19(14)9-13-3-2-7-23-13/h2-4,6-7,12H,5,8-11H2,1H3,(H,17,20). The number of rotatable bonds is 6. The van der Waals surface area contributed by atoms with Gasteiger partial charge in [0, 0.05) is 17.0 Å². The molecule has 0 radical (unpaired) electrons. The van der Waals surface area contributed by atoms with Crippen LogP contribution in [0.4, 0.5) is 5.82 Å². The summed E-state index contributed by atoms with van der Waals surface area (Å²) >= 11 is 1.64. The van der Waals surface area contributed by atoms with Gasteiger partial charge in [-0.15, -0.1) is 11.3 Å². The quantitative estimate of drug-likeness (QED) is 0.824. The van der Waals surface area contributed by atoms with Gasteiger partial charge in [0.2, 0.25) is 5.91 Å². The molecule has 1 aliphatic rings. The third-order valence-corrected chi connectivity index (χ3v) is 6.71. The Hall–Kier alpha value is -1.71. The summed E-state index contributed by atoms with van der Waals surface area (Å²) in [7, 11) is -1.16. The van der Waals surface area contributed by atoms with E-state index in [9.17, 15) is 13.2 Å². The van der Waals surface area contributed by atoms with Crippen LogP contribution in [-0.2, 0) is 21.2 Å². The van der Waals surface area contributed by atoms with Crippen LogP contribution in [0, 0.1) is 0 Å². The van der Waals surface area contributed by atoms with Crippen molar-refractivity contribution in [2.45, 2.75) is 19.0 Å². The predicted molar refractivity (Wildman–Crippen MR) is 94.0 cm³/mol. The zero-order valence-corrected chi connectivity index (χ0v) is 15.0. The molecule has 1 amide bonds. The second kappa shape index (κ2) is 7.04. The predicted octanol–water partition coefficient (Wildman–Crippen LogP) is 1.05. The monoisotopic (exact) mass is 368 g/mol. The Kier molecular flexibility index (Phi) is 5.02. The lowest BCUT2D eigenvalue weighted by molar-refractivity contribution is -0.117. The van der Waals surface area contributed by atoms with Crippen LogP contribution in [0.2, 0.25) is 0 Å². The largest absolute Gasteiger partial charge is 0.310 e. The first-order valence-electron chi connectivity index (χ1n) is 7.68. The lowest BCUT2D eigenvalue weighted by Crippen LogP contribution is -2.38. The Morgan fingerprint density at radius 2 is 2.33 bits per heavy atom. The van der Waals surface area contributed by atoms with E-state index in [2.05, 4.69) is 10.4 Å². The minimum Gasteiger partial charge on any atom is -0.310 e. The minimum atomic E-state index is -2.95. The van der Waals surface area contributed by atoms with Crippen molar-refractivity contribution in [3.8, 4) is 0 Å². The summed E-state index contributed by atoms with van der Waals surface area (Å²) in [5.74, 6) is 0.806. The van der Waals surface area contributed by atoms with E-state index >= 15 is 0 Å². The topological polar surface area (TPSA) is 84.3 Å². The van der Waals surface area contributed by atoms with Gasteiger partial charge < -0.3 is 5.32 Å². The number of carbonyl (C=O) groups is 1. The molecule has 0 aliphatic carbocycles. The van der Waals surface area contributed by atoms with Crippen molar-refractivity contribution >= 4 is 32.9 Å². The summed E-state index contributed by atoms with van der Waals surface area (Å²) in [6, 6.07) is 5.67.